The summed E-state index contributed by atoms with van der Waals surface area (Å²) in [6.45, 7) is 16.8. The first-order valence-corrected chi connectivity index (χ1v) is 21.2. The third-order valence-corrected chi connectivity index (χ3v) is 12.0. The van der Waals surface area contributed by atoms with Crippen molar-refractivity contribution in [3.05, 3.63) is 74.0 Å². The van der Waals surface area contributed by atoms with Crippen LogP contribution < -0.4 is 11.2 Å². The van der Waals surface area contributed by atoms with Gasteiger partial charge in [0.25, 0.3) is 5.56 Å². The summed E-state index contributed by atoms with van der Waals surface area (Å²) in [5.41, 5.74) is -3.68. The predicted octanol–water partition coefficient (Wildman–Crippen LogP) is 8.61. The van der Waals surface area contributed by atoms with E-state index < -0.39 is 42.3 Å². The highest BCUT2D eigenvalue weighted by molar-refractivity contribution is 8.14. The van der Waals surface area contributed by atoms with Gasteiger partial charge in [0.15, 0.2) is 12.1 Å². The molecule has 20 heteroatoms. The fraction of sp³-hybridized carbons (Fsp3) is 0.581. The second-order valence-electron chi connectivity index (χ2n) is 9.30. The average Bonchev–Trinajstić information content (AvgIpc) is 3.00. The van der Waals surface area contributed by atoms with Crippen LogP contribution in [0.5, 0.6) is 0 Å². The number of aromatic nitrogens is 2. The van der Waals surface area contributed by atoms with Crippen LogP contribution in [0.4, 0.5) is 13.2 Å². The van der Waals surface area contributed by atoms with E-state index in [4.69, 9.17) is 67.1 Å². The van der Waals surface area contributed by atoms with E-state index in [2.05, 4.69) is 6.58 Å². The van der Waals surface area contributed by atoms with Gasteiger partial charge in [0.2, 0.25) is 0 Å². The molecule has 2 rings (SSSR count). The van der Waals surface area contributed by atoms with Crippen LogP contribution in [0, 0.1) is 0 Å². The molecule has 0 fully saturated rings. The van der Waals surface area contributed by atoms with Crippen LogP contribution in [0.3, 0.4) is 0 Å². The van der Waals surface area contributed by atoms with Gasteiger partial charge in [-0.15, -0.1) is 6.58 Å². The van der Waals surface area contributed by atoms with Crippen molar-refractivity contribution in [3.63, 3.8) is 0 Å². The Kier molecular flexibility index (Phi) is 26.5. The Bertz CT molecular complexity index is 1520. The van der Waals surface area contributed by atoms with Crippen LogP contribution >= 0.6 is 25.0 Å². The normalized spacial score (nSPS) is 11.4. The van der Waals surface area contributed by atoms with Crippen LogP contribution in [0.2, 0.25) is 5.02 Å². The molecule has 294 valence electrons. The number of hydrogen-bond donors (Lipinski definition) is 0. The lowest BCUT2D eigenvalue weighted by molar-refractivity contribution is -0.144. The molecule has 0 amide bonds. The molecule has 0 saturated carbocycles. The number of ether oxygens (including phenoxy) is 2. The summed E-state index contributed by atoms with van der Waals surface area (Å²) < 4.78 is 76.3. The quantitative estimate of drug-likeness (QED) is 0.0696. The summed E-state index contributed by atoms with van der Waals surface area (Å²) in [5.74, 6) is -0.409. The lowest BCUT2D eigenvalue weighted by Gasteiger charge is -2.27. The number of halogens is 4. The molecule has 1 aromatic carbocycles. The van der Waals surface area contributed by atoms with E-state index in [0.29, 0.717) is 41.6 Å². The molecule has 0 radical (unpaired) electrons. The maximum Gasteiger partial charge on any atom is 0.431 e. The van der Waals surface area contributed by atoms with E-state index in [1.165, 1.54) is 25.1 Å². The highest BCUT2D eigenvalue weighted by Gasteiger charge is 2.35. The Morgan fingerprint density at radius 2 is 1.31 bits per heavy atom. The number of carbonyl (C=O) groups excluding carboxylic acids is 1. The number of hydrogen-bond acceptors (Lipinski definition) is 12. The second kappa shape index (κ2) is 26.2. The van der Waals surface area contributed by atoms with Crippen LogP contribution in [0.1, 0.15) is 78.4 Å². The SMILES string of the molecule is C=CC.CC(=O)c1cc(-n2c(=O)cc(C(F)(F)F)n(C)c2=O)ccc1Cl.CCOC(C)OCC.CCOP(=S)(OCC)OP(=S)(OCC)OCC. The van der Waals surface area contributed by atoms with Gasteiger partial charge in [-0.05, 0) is 104 Å². The number of benzene rings is 1. The molecule has 0 saturated heterocycles. The smallest absolute Gasteiger partial charge is 0.353 e. The molecule has 0 aliphatic rings. The van der Waals surface area contributed by atoms with Crippen molar-refractivity contribution in [1.82, 2.24) is 9.13 Å². The molecule has 2 aromatic rings. The maximum atomic E-state index is 12.8. The van der Waals surface area contributed by atoms with E-state index >= 15 is 0 Å². The lowest BCUT2D eigenvalue weighted by Crippen LogP contribution is -2.40. The Morgan fingerprint density at radius 1 is 0.902 bits per heavy atom. The van der Waals surface area contributed by atoms with Gasteiger partial charge in [-0.25, -0.2) is 13.7 Å². The summed E-state index contributed by atoms with van der Waals surface area (Å²) in [6, 6.07) is 4.06. The maximum absolute atomic E-state index is 12.8. The van der Waals surface area contributed by atoms with Gasteiger partial charge in [-0.2, -0.15) is 13.2 Å². The molecule has 1 aromatic heterocycles. The molecular weight excluding hydrogens is 779 g/mol. The molecule has 0 aliphatic heterocycles. The Balaban J connectivity index is 0. The molecule has 0 unspecified atom stereocenters. The zero-order chi connectivity index (χ0) is 40.0. The zero-order valence-electron chi connectivity index (χ0n) is 30.6. The highest BCUT2D eigenvalue weighted by atomic mass is 35.5. The summed E-state index contributed by atoms with van der Waals surface area (Å²) >= 11 is 16.3. The molecular formula is C31H50ClF3N2O10P2S2. The number of Topliss-reactive ketones (excluding diaryl/α,β-unsaturated/α-hetero) is 1. The standard InChI is InChI=1S/C14H10ClF3N2O3.C8H20O5P2S2.C6H14O2.C3H6/c1-7(21)9-5-8(3-4-10(9)15)20-12(22)6-11(14(16,17)18)19(2)13(20)23;1-5-9-14(16,10-6-2)13-15(17,11-7-3)12-8-4;1-4-7-6(3)8-5-2;1-3-2/h3-6H,1-2H3;5-8H2,1-4H3;6H,4-5H2,1-3H3;3H,1H2,2H3. The van der Waals surface area contributed by atoms with Crippen LogP contribution in [-0.2, 0) is 68.7 Å². The molecule has 0 bridgehead atoms. The third-order valence-electron chi connectivity index (χ3n) is 5.35. The molecule has 0 atom stereocenters. The van der Waals surface area contributed by atoms with Crippen molar-refractivity contribution < 1.29 is 49.8 Å². The fourth-order valence-electron chi connectivity index (χ4n) is 3.50. The molecule has 0 N–H and O–H groups in total. The number of allylic oxidation sites excluding steroid dienone is 1. The van der Waals surface area contributed by atoms with Crippen molar-refractivity contribution in [2.24, 2.45) is 7.05 Å². The number of carbonyl (C=O) groups is 1. The van der Waals surface area contributed by atoms with Gasteiger partial charge in [-0.3, -0.25) is 14.2 Å². The van der Waals surface area contributed by atoms with Crippen molar-refractivity contribution >= 4 is 54.4 Å². The summed E-state index contributed by atoms with van der Waals surface area (Å²) in [7, 11) is 0.906. The number of rotatable bonds is 16. The van der Waals surface area contributed by atoms with Gasteiger partial charge >= 0.3 is 25.3 Å². The van der Waals surface area contributed by atoms with E-state index in [-0.39, 0.29) is 22.6 Å². The molecule has 0 aliphatic carbocycles. The first kappa shape index (κ1) is 51.5. The van der Waals surface area contributed by atoms with Crippen LogP contribution in [0.15, 0.2) is 46.5 Å². The van der Waals surface area contributed by atoms with Crippen LogP contribution in [0.25, 0.3) is 5.69 Å². The lowest BCUT2D eigenvalue weighted by atomic mass is 10.1. The Hall–Kier alpha value is -1.59. The second-order valence-corrected chi connectivity index (χ2v) is 15.9. The van der Waals surface area contributed by atoms with E-state index in [9.17, 15) is 27.6 Å². The minimum Gasteiger partial charge on any atom is -0.353 e. The first-order valence-electron chi connectivity index (χ1n) is 15.7. The molecule has 1 heterocycles. The zero-order valence-corrected chi connectivity index (χ0v) is 34.8. The van der Waals surface area contributed by atoms with Crippen molar-refractivity contribution in [3.8, 4) is 5.69 Å². The average molecular weight is 829 g/mol. The number of ketones is 1. The predicted molar refractivity (Wildman–Crippen MR) is 202 cm³/mol. The van der Waals surface area contributed by atoms with E-state index in [1.807, 2.05) is 55.4 Å². The van der Waals surface area contributed by atoms with Crippen molar-refractivity contribution in [1.29, 1.82) is 0 Å². The topological polar surface area (TPSA) is 126 Å². The van der Waals surface area contributed by atoms with Gasteiger partial charge in [0.1, 0.15) is 5.69 Å². The molecule has 12 nitrogen and oxygen atoms in total. The van der Waals surface area contributed by atoms with Gasteiger partial charge in [0, 0.05) is 31.9 Å². The number of alkyl halides is 3. The Labute approximate surface area is 313 Å². The van der Waals surface area contributed by atoms with Crippen LogP contribution in [-0.4, -0.2) is 60.8 Å². The monoisotopic (exact) mass is 828 g/mol. The Morgan fingerprint density at radius 3 is 1.65 bits per heavy atom. The van der Waals surface area contributed by atoms with Crippen molar-refractivity contribution in [2.75, 3.05) is 39.6 Å². The summed E-state index contributed by atoms with van der Waals surface area (Å²) in [6.07, 6.45) is -3.12. The fourth-order valence-corrected chi connectivity index (χ4v) is 10.1. The van der Waals surface area contributed by atoms with Gasteiger partial charge < -0.3 is 27.6 Å². The highest BCUT2D eigenvalue weighted by Crippen LogP contribution is 2.66. The first-order chi connectivity index (χ1) is 23.7. The van der Waals surface area contributed by atoms with Gasteiger partial charge in [0.05, 0.1) is 37.1 Å². The minimum atomic E-state index is -4.84. The summed E-state index contributed by atoms with van der Waals surface area (Å²) in [4.78, 5) is 35.6. The van der Waals surface area contributed by atoms with E-state index in [0.717, 1.165) is 20.3 Å². The largest absolute Gasteiger partial charge is 0.431 e. The third kappa shape index (κ3) is 19.3. The summed E-state index contributed by atoms with van der Waals surface area (Å²) in [5, 5.41) is 0.109. The van der Waals surface area contributed by atoms with Crippen molar-refractivity contribution in [2.45, 2.75) is 74.8 Å². The molecule has 0 spiro atoms. The van der Waals surface area contributed by atoms with E-state index in [1.54, 1.807) is 6.08 Å². The minimum absolute atomic E-state index is 0.0370. The van der Waals surface area contributed by atoms with Gasteiger partial charge in [-0.1, -0.05) is 17.7 Å². The number of nitrogens with zero attached hydrogens (tertiary/aromatic N) is 2. The molecule has 51 heavy (non-hydrogen) atoms.